The largest absolute Gasteiger partial charge is 0.310 e. The summed E-state index contributed by atoms with van der Waals surface area (Å²) in [5.41, 5.74) is 7.15. The predicted molar refractivity (Wildman–Crippen MR) is 78.2 cm³/mol. The zero-order valence-corrected chi connectivity index (χ0v) is 12.1. The quantitative estimate of drug-likeness (QED) is 0.887. The standard InChI is InChI=1S/C15H20N2S/c1-11-4-5-15(12(2)8-11)13(3)16-7-6-14-9-18-10-17-14/h4-5,8-10,13,16H,6-7H2,1-3H3. The van der Waals surface area contributed by atoms with Crippen molar-refractivity contribution in [3.8, 4) is 0 Å². The Balaban J connectivity index is 1.89. The third-order valence-corrected chi connectivity index (χ3v) is 3.84. The Bertz CT molecular complexity index is 491. The first kappa shape index (κ1) is 13.2. The van der Waals surface area contributed by atoms with Crippen molar-refractivity contribution >= 4 is 11.3 Å². The van der Waals surface area contributed by atoms with Crippen molar-refractivity contribution in [2.45, 2.75) is 33.2 Å². The van der Waals surface area contributed by atoms with Gasteiger partial charge in [0.1, 0.15) is 0 Å². The predicted octanol–water partition coefficient (Wildman–Crippen LogP) is 3.65. The highest BCUT2D eigenvalue weighted by atomic mass is 32.1. The van der Waals surface area contributed by atoms with Gasteiger partial charge in [-0.3, -0.25) is 0 Å². The Morgan fingerprint density at radius 1 is 1.33 bits per heavy atom. The van der Waals surface area contributed by atoms with E-state index in [0.717, 1.165) is 13.0 Å². The first-order chi connectivity index (χ1) is 8.66. The monoisotopic (exact) mass is 260 g/mol. The molecular weight excluding hydrogens is 240 g/mol. The topological polar surface area (TPSA) is 24.9 Å². The van der Waals surface area contributed by atoms with Gasteiger partial charge in [-0.25, -0.2) is 4.98 Å². The molecule has 2 aromatic rings. The molecule has 2 rings (SSSR count). The highest BCUT2D eigenvalue weighted by Gasteiger charge is 2.07. The molecule has 0 aliphatic carbocycles. The van der Waals surface area contributed by atoms with Crippen LogP contribution in [0.25, 0.3) is 0 Å². The molecule has 0 saturated carbocycles. The van der Waals surface area contributed by atoms with E-state index >= 15 is 0 Å². The third kappa shape index (κ3) is 3.40. The lowest BCUT2D eigenvalue weighted by Gasteiger charge is -2.16. The van der Waals surface area contributed by atoms with E-state index in [2.05, 4.69) is 54.7 Å². The minimum absolute atomic E-state index is 0.393. The Kier molecular flexibility index (Phi) is 4.50. The third-order valence-electron chi connectivity index (χ3n) is 3.21. The molecular formula is C15H20N2S. The van der Waals surface area contributed by atoms with E-state index in [4.69, 9.17) is 0 Å². The van der Waals surface area contributed by atoms with Crippen LogP contribution in [-0.2, 0) is 6.42 Å². The molecule has 1 aromatic carbocycles. The fourth-order valence-electron chi connectivity index (χ4n) is 2.20. The van der Waals surface area contributed by atoms with E-state index in [1.807, 2.05) is 5.51 Å². The molecule has 1 aromatic heterocycles. The molecule has 0 aliphatic rings. The van der Waals surface area contributed by atoms with Crippen molar-refractivity contribution in [1.29, 1.82) is 0 Å². The van der Waals surface area contributed by atoms with Crippen molar-refractivity contribution < 1.29 is 0 Å². The fourth-order valence-corrected chi connectivity index (χ4v) is 2.79. The second-order valence-electron chi connectivity index (χ2n) is 4.77. The number of thiazole rings is 1. The molecule has 2 nitrogen and oxygen atoms in total. The van der Waals surface area contributed by atoms with E-state index in [1.54, 1.807) is 11.3 Å². The average Bonchev–Trinajstić information content (AvgIpc) is 2.81. The van der Waals surface area contributed by atoms with Gasteiger partial charge in [0.15, 0.2) is 0 Å². The van der Waals surface area contributed by atoms with Crippen LogP contribution in [0.2, 0.25) is 0 Å². The van der Waals surface area contributed by atoms with Gasteiger partial charge in [-0.2, -0.15) is 0 Å². The van der Waals surface area contributed by atoms with Crippen LogP contribution in [0.3, 0.4) is 0 Å². The molecule has 1 heterocycles. The SMILES string of the molecule is Cc1ccc(C(C)NCCc2cscn2)c(C)c1. The smallest absolute Gasteiger partial charge is 0.0794 e. The molecule has 0 aliphatic heterocycles. The number of rotatable bonds is 5. The summed E-state index contributed by atoms with van der Waals surface area (Å²) in [6.07, 6.45) is 0.999. The Morgan fingerprint density at radius 3 is 2.83 bits per heavy atom. The number of aryl methyl sites for hydroxylation is 2. The summed E-state index contributed by atoms with van der Waals surface area (Å²) in [5.74, 6) is 0. The van der Waals surface area contributed by atoms with Gasteiger partial charge >= 0.3 is 0 Å². The molecule has 1 atom stereocenters. The van der Waals surface area contributed by atoms with E-state index in [1.165, 1.54) is 22.4 Å². The fraction of sp³-hybridized carbons (Fsp3) is 0.400. The highest BCUT2D eigenvalue weighted by Crippen LogP contribution is 2.18. The first-order valence-corrected chi connectivity index (χ1v) is 7.28. The summed E-state index contributed by atoms with van der Waals surface area (Å²) < 4.78 is 0. The lowest BCUT2D eigenvalue weighted by Crippen LogP contribution is -2.22. The maximum Gasteiger partial charge on any atom is 0.0794 e. The summed E-state index contributed by atoms with van der Waals surface area (Å²) >= 11 is 1.66. The van der Waals surface area contributed by atoms with Crippen LogP contribution in [-0.4, -0.2) is 11.5 Å². The van der Waals surface area contributed by atoms with Gasteiger partial charge in [0.05, 0.1) is 11.2 Å². The van der Waals surface area contributed by atoms with Crippen molar-refractivity contribution in [2.75, 3.05) is 6.54 Å². The molecule has 3 heteroatoms. The lowest BCUT2D eigenvalue weighted by molar-refractivity contribution is 0.572. The van der Waals surface area contributed by atoms with E-state index in [9.17, 15) is 0 Å². The van der Waals surface area contributed by atoms with Crippen LogP contribution in [0.4, 0.5) is 0 Å². The van der Waals surface area contributed by atoms with Crippen molar-refractivity contribution in [3.05, 3.63) is 51.5 Å². The first-order valence-electron chi connectivity index (χ1n) is 6.34. The van der Waals surface area contributed by atoms with Crippen LogP contribution >= 0.6 is 11.3 Å². The molecule has 1 unspecified atom stereocenters. The van der Waals surface area contributed by atoms with Gasteiger partial charge in [0.25, 0.3) is 0 Å². The number of nitrogens with zero attached hydrogens (tertiary/aromatic N) is 1. The van der Waals surface area contributed by atoms with Gasteiger partial charge in [-0.1, -0.05) is 23.8 Å². The molecule has 0 bridgehead atoms. The molecule has 0 fully saturated rings. The van der Waals surface area contributed by atoms with Crippen LogP contribution in [0.15, 0.2) is 29.1 Å². The molecule has 0 radical (unpaired) electrons. The van der Waals surface area contributed by atoms with Crippen LogP contribution in [0, 0.1) is 13.8 Å². The summed E-state index contributed by atoms with van der Waals surface area (Å²) in [6, 6.07) is 7.05. The summed E-state index contributed by atoms with van der Waals surface area (Å²) in [5, 5.41) is 5.68. The second-order valence-corrected chi connectivity index (χ2v) is 5.48. The normalized spacial score (nSPS) is 12.6. The van der Waals surface area contributed by atoms with E-state index < -0.39 is 0 Å². The minimum Gasteiger partial charge on any atom is -0.310 e. The molecule has 0 amide bonds. The number of benzene rings is 1. The van der Waals surface area contributed by atoms with Crippen LogP contribution < -0.4 is 5.32 Å². The molecule has 96 valence electrons. The lowest BCUT2D eigenvalue weighted by atomic mass is 10.0. The number of nitrogens with one attached hydrogen (secondary N) is 1. The summed E-state index contributed by atoms with van der Waals surface area (Å²) in [6.45, 7) is 7.51. The van der Waals surface area contributed by atoms with E-state index in [0.29, 0.717) is 6.04 Å². The van der Waals surface area contributed by atoms with Crippen LogP contribution in [0.5, 0.6) is 0 Å². The Labute approximate surface area is 113 Å². The summed E-state index contributed by atoms with van der Waals surface area (Å²) in [4.78, 5) is 4.29. The zero-order chi connectivity index (χ0) is 13.0. The second kappa shape index (κ2) is 6.12. The van der Waals surface area contributed by atoms with Crippen molar-refractivity contribution in [3.63, 3.8) is 0 Å². The molecule has 0 spiro atoms. The van der Waals surface area contributed by atoms with Crippen LogP contribution in [0.1, 0.15) is 35.3 Å². The van der Waals surface area contributed by atoms with Gasteiger partial charge in [-0.15, -0.1) is 11.3 Å². The van der Waals surface area contributed by atoms with Gasteiger partial charge < -0.3 is 5.32 Å². The number of hydrogen-bond acceptors (Lipinski definition) is 3. The van der Waals surface area contributed by atoms with Gasteiger partial charge in [-0.05, 0) is 31.9 Å². The van der Waals surface area contributed by atoms with E-state index in [-0.39, 0.29) is 0 Å². The maximum absolute atomic E-state index is 4.29. The van der Waals surface area contributed by atoms with Crippen molar-refractivity contribution in [1.82, 2.24) is 10.3 Å². The average molecular weight is 260 g/mol. The van der Waals surface area contributed by atoms with Crippen molar-refractivity contribution in [2.24, 2.45) is 0 Å². The Hall–Kier alpha value is -1.19. The molecule has 18 heavy (non-hydrogen) atoms. The van der Waals surface area contributed by atoms with Gasteiger partial charge in [0.2, 0.25) is 0 Å². The molecule has 1 N–H and O–H groups in total. The highest BCUT2D eigenvalue weighted by molar-refractivity contribution is 7.07. The molecule has 0 saturated heterocycles. The number of hydrogen-bond donors (Lipinski definition) is 1. The maximum atomic E-state index is 4.29. The number of aromatic nitrogens is 1. The summed E-state index contributed by atoms with van der Waals surface area (Å²) in [7, 11) is 0. The van der Waals surface area contributed by atoms with Gasteiger partial charge in [0, 0.05) is 24.4 Å². The Morgan fingerprint density at radius 2 is 2.17 bits per heavy atom. The minimum atomic E-state index is 0.393. The zero-order valence-electron chi connectivity index (χ0n) is 11.2.